The maximum Gasteiger partial charge on any atom is 0.287 e. The number of anilines is 1. The molecule has 1 aromatic heterocycles. The molecule has 0 saturated carbocycles. The van der Waals surface area contributed by atoms with Crippen LogP contribution in [0.25, 0.3) is 10.8 Å². The van der Waals surface area contributed by atoms with Crippen LogP contribution in [0.5, 0.6) is 5.75 Å². The van der Waals surface area contributed by atoms with E-state index in [0.29, 0.717) is 12.4 Å². The van der Waals surface area contributed by atoms with Crippen molar-refractivity contribution in [1.82, 2.24) is 4.98 Å². The third kappa shape index (κ3) is 5.04. The van der Waals surface area contributed by atoms with E-state index in [9.17, 15) is 10.1 Å². The number of nitrogens with one attached hydrogen (secondary N) is 1. The minimum atomic E-state index is -0.499. The number of pyridine rings is 1. The standard InChI is InChI=1S/C23H17BrN4O3/c24-21-12-16(13-26-27-23-11-9-19(14-25-23)28(29)30)8-10-22(21)31-15-18-6-3-5-17-4-1-2-7-20(17)18/h1-14H,15H2,(H,25,27)/b26-13+. The van der Waals surface area contributed by atoms with E-state index in [1.165, 1.54) is 29.1 Å². The zero-order chi connectivity index (χ0) is 21.6. The van der Waals surface area contributed by atoms with E-state index >= 15 is 0 Å². The molecule has 3 aromatic carbocycles. The number of hydrazone groups is 1. The monoisotopic (exact) mass is 476 g/mol. The molecule has 8 heteroatoms. The number of ether oxygens (including phenoxy) is 1. The normalized spacial score (nSPS) is 11.0. The van der Waals surface area contributed by atoms with Crippen LogP contribution in [-0.2, 0) is 6.61 Å². The van der Waals surface area contributed by atoms with Crippen molar-refractivity contribution in [3.05, 3.63) is 105 Å². The van der Waals surface area contributed by atoms with Crippen LogP contribution in [-0.4, -0.2) is 16.1 Å². The Morgan fingerprint density at radius 3 is 2.71 bits per heavy atom. The summed E-state index contributed by atoms with van der Waals surface area (Å²) in [7, 11) is 0. The summed E-state index contributed by atoms with van der Waals surface area (Å²) in [6, 6.07) is 22.9. The topological polar surface area (TPSA) is 89.7 Å². The fourth-order valence-corrected chi connectivity index (χ4v) is 3.53. The molecule has 0 amide bonds. The average Bonchev–Trinajstić information content (AvgIpc) is 2.79. The highest BCUT2D eigenvalue weighted by Gasteiger charge is 2.06. The fourth-order valence-electron chi connectivity index (χ4n) is 3.02. The van der Waals surface area contributed by atoms with Gasteiger partial charge in [0.15, 0.2) is 0 Å². The predicted octanol–water partition coefficient (Wildman–Crippen LogP) is 5.93. The van der Waals surface area contributed by atoms with Gasteiger partial charge in [-0.1, -0.05) is 42.5 Å². The fraction of sp³-hybridized carbons (Fsp3) is 0.0435. The summed E-state index contributed by atoms with van der Waals surface area (Å²) >= 11 is 3.55. The Morgan fingerprint density at radius 2 is 1.94 bits per heavy atom. The molecule has 0 aliphatic heterocycles. The van der Waals surface area contributed by atoms with Gasteiger partial charge in [0.1, 0.15) is 24.4 Å². The zero-order valence-corrected chi connectivity index (χ0v) is 17.8. The zero-order valence-electron chi connectivity index (χ0n) is 16.2. The molecule has 4 aromatic rings. The number of aromatic nitrogens is 1. The molecular weight excluding hydrogens is 460 g/mol. The maximum absolute atomic E-state index is 10.7. The first kappa shape index (κ1) is 20.5. The molecule has 0 radical (unpaired) electrons. The van der Waals surface area contributed by atoms with Crippen molar-refractivity contribution in [1.29, 1.82) is 0 Å². The van der Waals surface area contributed by atoms with Crippen LogP contribution < -0.4 is 10.2 Å². The Labute approximate surface area is 186 Å². The molecule has 0 fully saturated rings. The predicted molar refractivity (Wildman–Crippen MR) is 125 cm³/mol. The number of rotatable bonds is 7. The molecule has 0 aliphatic carbocycles. The third-order valence-corrected chi connectivity index (χ3v) is 5.19. The summed E-state index contributed by atoms with van der Waals surface area (Å²) in [6.07, 6.45) is 2.80. The number of nitrogens with zero attached hydrogens (tertiary/aromatic N) is 3. The van der Waals surface area contributed by atoms with Crippen molar-refractivity contribution in [2.45, 2.75) is 6.61 Å². The average molecular weight is 477 g/mol. The molecule has 0 bridgehead atoms. The molecule has 1 heterocycles. The minimum Gasteiger partial charge on any atom is -0.488 e. The lowest BCUT2D eigenvalue weighted by molar-refractivity contribution is -0.385. The van der Waals surface area contributed by atoms with Crippen molar-refractivity contribution in [3.63, 3.8) is 0 Å². The molecule has 31 heavy (non-hydrogen) atoms. The number of hydrogen-bond donors (Lipinski definition) is 1. The van der Waals surface area contributed by atoms with Gasteiger partial charge in [-0.05, 0) is 62.1 Å². The van der Waals surface area contributed by atoms with Crippen molar-refractivity contribution in [2.24, 2.45) is 5.10 Å². The van der Waals surface area contributed by atoms with E-state index < -0.39 is 4.92 Å². The van der Waals surface area contributed by atoms with E-state index in [-0.39, 0.29) is 5.69 Å². The lowest BCUT2D eigenvalue weighted by Gasteiger charge is -2.11. The van der Waals surface area contributed by atoms with E-state index in [0.717, 1.165) is 21.3 Å². The molecule has 7 nitrogen and oxygen atoms in total. The van der Waals surface area contributed by atoms with E-state index in [2.05, 4.69) is 55.7 Å². The van der Waals surface area contributed by atoms with Gasteiger partial charge in [-0.15, -0.1) is 0 Å². The number of halogens is 1. The van der Waals surface area contributed by atoms with Gasteiger partial charge in [0.05, 0.1) is 15.6 Å². The van der Waals surface area contributed by atoms with Gasteiger partial charge in [-0.2, -0.15) is 5.10 Å². The van der Waals surface area contributed by atoms with Crippen LogP contribution in [0.15, 0.2) is 88.6 Å². The molecule has 0 spiro atoms. The van der Waals surface area contributed by atoms with Gasteiger partial charge < -0.3 is 4.74 Å². The molecular formula is C23H17BrN4O3. The van der Waals surface area contributed by atoms with Crippen molar-refractivity contribution >= 4 is 44.4 Å². The second kappa shape index (κ2) is 9.36. The number of nitro groups is 1. The summed E-state index contributed by atoms with van der Waals surface area (Å²) < 4.78 is 6.83. The Morgan fingerprint density at radius 1 is 1.10 bits per heavy atom. The van der Waals surface area contributed by atoms with Crippen LogP contribution in [0, 0.1) is 10.1 Å². The lowest BCUT2D eigenvalue weighted by atomic mass is 10.1. The van der Waals surface area contributed by atoms with Gasteiger partial charge in [0, 0.05) is 6.07 Å². The smallest absolute Gasteiger partial charge is 0.287 e. The Bertz CT molecular complexity index is 1250. The first-order valence-corrected chi connectivity index (χ1v) is 10.2. The van der Waals surface area contributed by atoms with Crippen LogP contribution >= 0.6 is 15.9 Å². The molecule has 0 saturated heterocycles. The first-order chi connectivity index (χ1) is 15.1. The summed E-state index contributed by atoms with van der Waals surface area (Å²) in [6.45, 7) is 0.459. The van der Waals surface area contributed by atoms with Crippen molar-refractivity contribution in [2.75, 3.05) is 5.43 Å². The lowest BCUT2D eigenvalue weighted by Crippen LogP contribution is -1.98. The van der Waals surface area contributed by atoms with Crippen molar-refractivity contribution in [3.8, 4) is 5.75 Å². The van der Waals surface area contributed by atoms with Crippen LogP contribution in [0.1, 0.15) is 11.1 Å². The highest BCUT2D eigenvalue weighted by atomic mass is 79.9. The molecule has 0 unspecified atom stereocenters. The maximum atomic E-state index is 10.7. The second-order valence-electron chi connectivity index (χ2n) is 6.65. The Hall–Kier alpha value is -3.78. The number of hydrogen-bond acceptors (Lipinski definition) is 6. The van der Waals surface area contributed by atoms with E-state index in [1.807, 2.05) is 36.4 Å². The Balaban J connectivity index is 1.39. The summed E-state index contributed by atoms with van der Waals surface area (Å²) in [5, 5.41) is 17.1. The highest BCUT2D eigenvalue weighted by molar-refractivity contribution is 9.10. The summed E-state index contributed by atoms with van der Waals surface area (Å²) in [5.41, 5.74) is 4.64. The number of benzene rings is 3. The van der Waals surface area contributed by atoms with Gasteiger partial charge in [-0.25, -0.2) is 4.98 Å². The molecule has 1 N–H and O–H groups in total. The van der Waals surface area contributed by atoms with E-state index in [1.54, 1.807) is 6.21 Å². The molecule has 4 rings (SSSR count). The molecule has 154 valence electrons. The van der Waals surface area contributed by atoms with Crippen LogP contribution in [0.2, 0.25) is 0 Å². The second-order valence-corrected chi connectivity index (χ2v) is 7.50. The van der Waals surface area contributed by atoms with Gasteiger partial charge in [0.2, 0.25) is 0 Å². The molecule has 0 aliphatic rings. The summed E-state index contributed by atoms with van der Waals surface area (Å²) in [4.78, 5) is 14.1. The van der Waals surface area contributed by atoms with Gasteiger partial charge in [-0.3, -0.25) is 15.5 Å². The minimum absolute atomic E-state index is 0.0717. The molecule has 0 atom stereocenters. The quantitative estimate of drug-likeness (QED) is 0.202. The Kier molecular flexibility index (Phi) is 6.18. The van der Waals surface area contributed by atoms with Crippen LogP contribution in [0.3, 0.4) is 0 Å². The third-order valence-electron chi connectivity index (χ3n) is 4.57. The first-order valence-electron chi connectivity index (χ1n) is 9.39. The van der Waals surface area contributed by atoms with Gasteiger partial charge >= 0.3 is 0 Å². The summed E-state index contributed by atoms with van der Waals surface area (Å²) in [5.74, 6) is 1.14. The SMILES string of the molecule is O=[N+]([O-])c1ccc(N/N=C/c2ccc(OCc3cccc4ccccc34)c(Br)c2)nc1. The largest absolute Gasteiger partial charge is 0.488 e. The highest BCUT2D eigenvalue weighted by Crippen LogP contribution is 2.27. The number of fused-ring (bicyclic) bond motifs is 1. The van der Waals surface area contributed by atoms with Crippen LogP contribution in [0.4, 0.5) is 11.5 Å². The van der Waals surface area contributed by atoms with Gasteiger partial charge in [0.25, 0.3) is 5.69 Å². The van der Waals surface area contributed by atoms with Crippen molar-refractivity contribution < 1.29 is 9.66 Å². The van der Waals surface area contributed by atoms with E-state index in [4.69, 9.17) is 4.74 Å².